The van der Waals surface area contributed by atoms with Crippen LogP contribution in [0.1, 0.15) is 17.0 Å². The highest BCUT2D eigenvalue weighted by atomic mass is 35.5. The monoisotopic (exact) mass is 344 g/mol. The van der Waals surface area contributed by atoms with Gasteiger partial charge in [-0.3, -0.25) is 4.90 Å². The Morgan fingerprint density at radius 3 is 2.75 bits per heavy atom. The molecule has 126 valence electrons. The van der Waals surface area contributed by atoms with Gasteiger partial charge in [0.1, 0.15) is 16.8 Å². The Bertz CT molecular complexity index is 733. The van der Waals surface area contributed by atoms with Crippen molar-refractivity contribution in [1.82, 2.24) is 14.9 Å². The number of aromatic nitrogens is 2. The third-order valence-electron chi connectivity index (χ3n) is 5.01. The van der Waals surface area contributed by atoms with Gasteiger partial charge >= 0.3 is 0 Å². The first-order chi connectivity index (χ1) is 11.6. The van der Waals surface area contributed by atoms with Crippen molar-refractivity contribution >= 4 is 17.4 Å². The van der Waals surface area contributed by atoms with Gasteiger partial charge in [-0.2, -0.15) is 0 Å². The molecular formula is C18H21ClN4O. The molecule has 2 aromatic rings. The van der Waals surface area contributed by atoms with Crippen molar-refractivity contribution in [3.63, 3.8) is 0 Å². The third kappa shape index (κ3) is 2.99. The summed E-state index contributed by atoms with van der Waals surface area (Å²) < 4.78 is 0. The van der Waals surface area contributed by atoms with Crippen LogP contribution in [-0.2, 0) is 13.0 Å². The predicted molar refractivity (Wildman–Crippen MR) is 94.3 cm³/mol. The number of aliphatic hydroxyl groups excluding tert-OH is 1. The van der Waals surface area contributed by atoms with Gasteiger partial charge in [-0.25, -0.2) is 9.97 Å². The molecule has 1 fully saturated rings. The zero-order chi connectivity index (χ0) is 16.7. The number of aliphatic hydroxyl groups is 1. The highest BCUT2D eigenvalue weighted by molar-refractivity contribution is 6.29. The first-order valence-electron chi connectivity index (χ1n) is 8.35. The Kier molecular flexibility index (Phi) is 4.16. The number of aryl methyl sites for hydroxylation is 1. The standard InChI is InChI=1S/C18H21ClN4O/c1-12-20-17(19)8-18(21-12)23-10-15(16(24)11-23)22-7-6-13-4-2-3-5-14(13)9-22/h2-5,8,15-16,24H,6-7,9-11H2,1H3/t15-,16-/m1/s1. The van der Waals surface area contributed by atoms with Crippen LogP contribution in [0.4, 0.5) is 5.82 Å². The summed E-state index contributed by atoms with van der Waals surface area (Å²) in [6, 6.07) is 10.5. The molecular weight excluding hydrogens is 324 g/mol. The molecule has 24 heavy (non-hydrogen) atoms. The summed E-state index contributed by atoms with van der Waals surface area (Å²) in [6.07, 6.45) is 0.655. The first kappa shape index (κ1) is 15.8. The largest absolute Gasteiger partial charge is 0.390 e. The van der Waals surface area contributed by atoms with Crippen LogP contribution in [0.2, 0.25) is 5.15 Å². The van der Waals surface area contributed by atoms with Crippen LogP contribution in [0.5, 0.6) is 0 Å². The molecule has 0 amide bonds. The molecule has 0 saturated carbocycles. The van der Waals surface area contributed by atoms with Gasteiger partial charge < -0.3 is 10.0 Å². The van der Waals surface area contributed by atoms with E-state index in [9.17, 15) is 5.11 Å². The molecule has 4 rings (SSSR count). The number of benzene rings is 1. The molecule has 5 nitrogen and oxygen atoms in total. The smallest absolute Gasteiger partial charge is 0.134 e. The summed E-state index contributed by atoms with van der Waals surface area (Å²) in [4.78, 5) is 13.1. The molecule has 0 spiro atoms. The van der Waals surface area contributed by atoms with Gasteiger partial charge in [0, 0.05) is 32.2 Å². The first-order valence-corrected chi connectivity index (χ1v) is 8.73. The lowest BCUT2D eigenvalue weighted by molar-refractivity contribution is 0.0747. The van der Waals surface area contributed by atoms with Crippen LogP contribution in [0.3, 0.4) is 0 Å². The number of halogens is 1. The summed E-state index contributed by atoms with van der Waals surface area (Å²) in [7, 11) is 0. The Morgan fingerprint density at radius 1 is 1.17 bits per heavy atom. The second kappa shape index (κ2) is 6.31. The number of β-amino-alcohol motifs (C(OH)–C–C–N with tert-alkyl or cyclic N) is 1. The van der Waals surface area contributed by atoms with Crippen molar-refractivity contribution in [3.05, 3.63) is 52.4 Å². The van der Waals surface area contributed by atoms with E-state index < -0.39 is 0 Å². The van der Waals surface area contributed by atoms with Crippen molar-refractivity contribution < 1.29 is 5.11 Å². The van der Waals surface area contributed by atoms with E-state index in [1.54, 1.807) is 6.07 Å². The van der Waals surface area contributed by atoms with Crippen molar-refractivity contribution in [2.45, 2.75) is 32.0 Å². The van der Waals surface area contributed by atoms with E-state index in [0.29, 0.717) is 17.5 Å². The summed E-state index contributed by atoms with van der Waals surface area (Å²) in [6.45, 7) is 5.05. The Balaban J connectivity index is 1.51. The minimum absolute atomic E-state index is 0.118. The van der Waals surface area contributed by atoms with Gasteiger partial charge in [-0.05, 0) is 24.5 Å². The summed E-state index contributed by atoms with van der Waals surface area (Å²) in [5.74, 6) is 1.45. The van der Waals surface area contributed by atoms with Crippen LogP contribution in [0, 0.1) is 6.92 Å². The minimum Gasteiger partial charge on any atom is -0.390 e. The van der Waals surface area contributed by atoms with Crippen LogP contribution < -0.4 is 4.90 Å². The molecule has 1 aromatic carbocycles. The maximum Gasteiger partial charge on any atom is 0.134 e. The second-order valence-electron chi connectivity index (χ2n) is 6.62. The molecule has 1 aromatic heterocycles. The van der Waals surface area contributed by atoms with Crippen molar-refractivity contribution in [3.8, 4) is 0 Å². The molecule has 0 bridgehead atoms. The van der Waals surface area contributed by atoms with E-state index >= 15 is 0 Å². The molecule has 1 saturated heterocycles. The van der Waals surface area contributed by atoms with E-state index in [0.717, 1.165) is 31.9 Å². The van der Waals surface area contributed by atoms with E-state index in [-0.39, 0.29) is 12.1 Å². The lowest BCUT2D eigenvalue weighted by atomic mass is 9.98. The van der Waals surface area contributed by atoms with E-state index in [2.05, 4.69) is 44.0 Å². The number of fused-ring (bicyclic) bond motifs is 1. The molecule has 2 aliphatic rings. The zero-order valence-corrected chi connectivity index (χ0v) is 14.4. The molecule has 1 N–H and O–H groups in total. The maximum absolute atomic E-state index is 10.6. The SMILES string of the molecule is Cc1nc(Cl)cc(N2C[C@@H](O)[C@H](N3CCc4ccccc4C3)C2)n1. The van der Waals surface area contributed by atoms with E-state index in [1.807, 2.05) is 6.92 Å². The predicted octanol–water partition coefficient (Wildman–Crippen LogP) is 2.05. The third-order valence-corrected chi connectivity index (χ3v) is 5.20. The van der Waals surface area contributed by atoms with Crippen LogP contribution in [0.25, 0.3) is 0 Å². The molecule has 3 heterocycles. The van der Waals surface area contributed by atoms with Gasteiger partial charge in [0.05, 0.1) is 12.1 Å². The summed E-state index contributed by atoms with van der Waals surface area (Å²) >= 11 is 6.06. The van der Waals surface area contributed by atoms with E-state index in [1.165, 1.54) is 11.1 Å². The van der Waals surface area contributed by atoms with Gasteiger partial charge in [0.2, 0.25) is 0 Å². The van der Waals surface area contributed by atoms with Crippen LogP contribution in [-0.4, -0.2) is 51.8 Å². The fourth-order valence-electron chi connectivity index (χ4n) is 3.79. The molecule has 2 atom stereocenters. The molecule has 6 heteroatoms. The molecule has 2 aliphatic heterocycles. The second-order valence-corrected chi connectivity index (χ2v) is 7.01. The average molecular weight is 345 g/mol. The number of anilines is 1. The Morgan fingerprint density at radius 2 is 1.96 bits per heavy atom. The van der Waals surface area contributed by atoms with E-state index in [4.69, 9.17) is 11.6 Å². The maximum atomic E-state index is 10.6. The fourth-order valence-corrected chi connectivity index (χ4v) is 4.01. The van der Waals surface area contributed by atoms with Gasteiger partial charge in [-0.1, -0.05) is 35.9 Å². The van der Waals surface area contributed by atoms with Gasteiger partial charge in [-0.15, -0.1) is 0 Å². The number of hydrogen-bond acceptors (Lipinski definition) is 5. The number of hydrogen-bond donors (Lipinski definition) is 1. The van der Waals surface area contributed by atoms with Crippen molar-refractivity contribution in [2.24, 2.45) is 0 Å². The Hall–Kier alpha value is -1.69. The number of rotatable bonds is 2. The quantitative estimate of drug-likeness (QED) is 0.845. The highest BCUT2D eigenvalue weighted by Gasteiger charge is 2.37. The normalized spacial score (nSPS) is 24.2. The number of nitrogens with zero attached hydrogens (tertiary/aromatic N) is 4. The minimum atomic E-state index is -0.385. The van der Waals surface area contributed by atoms with Crippen LogP contribution >= 0.6 is 11.6 Å². The van der Waals surface area contributed by atoms with Crippen molar-refractivity contribution in [1.29, 1.82) is 0 Å². The zero-order valence-electron chi connectivity index (χ0n) is 13.7. The Labute approximate surface area is 146 Å². The van der Waals surface area contributed by atoms with Gasteiger partial charge in [0.15, 0.2) is 0 Å². The summed E-state index contributed by atoms with van der Waals surface area (Å²) in [5.41, 5.74) is 2.80. The molecule has 0 radical (unpaired) electrons. The lowest BCUT2D eigenvalue weighted by Crippen LogP contribution is -2.45. The van der Waals surface area contributed by atoms with Crippen molar-refractivity contribution in [2.75, 3.05) is 24.5 Å². The lowest BCUT2D eigenvalue weighted by Gasteiger charge is -2.34. The molecule has 0 unspecified atom stereocenters. The van der Waals surface area contributed by atoms with Gasteiger partial charge in [0.25, 0.3) is 0 Å². The fraction of sp³-hybridized carbons (Fsp3) is 0.444. The van der Waals surface area contributed by atoms with Crippen LogP contribution in [0.15, 0.2) is 30.3 Å². The highest BCUT2D eigenvalue weighted by Crippen LogP contribution is 2.27. The molecule has 0 aliphatic carbocycles. The topological polar surface area (TPSA) is 52.5 Å². The average Bonchev–Trinajstić information content (AvgIpc) is 2.95. The summed E-state index contributed by atoms with van der Waals surface area (Å²) in [5, 5.41) is 11.0.